The van der Waals surface area contributed by atoms with E-state index >= 15 is 0 Å². The molecule has 10 heteroatoms. The minimum absolute atomic E-state index is 0.0604. The van der Waals surface area contributed by atoms with E-state index in [1.807, 2.05) is 37.7 Å². The van der Waals surface area contributed by atoms with Crippen LogP contribution in [-0.4, -0.2) is 50.1 Å². The van der Waals surface area contributed by atoms with Gasteiger partial charge in [-0.15, -0.1) is 0 Å². The number of allylic oxidation sites excluding steroid dienone is 1. The molecule has 1 aliphatic carbocycles. The van der Waals surface area contributed by atoms with E-state index in [4.69, 9.17) is 9.72 Å². The first-order chi connectivity index (χ1) is 16.6. The summed E-state index contributed by atoms with van der Waals surface area (Å²) in [4.78, 5) is 16.2. The second-order valence-corrected chi connectivity index (χ2v) is 9.62. The molecule has 0 N–H and O–H groups in total. The van der Waals surface area contributed by atoms with Crippen LogP contribution in [0.3, 0.4) is 0 Å². The Hall–Kier alpha value is -3.01. The number of pyridine rings is 1. The summed E-state index contributed by atoms with van der Waals surface area (Å²) in [5.74, 6) is 0.664. The van der Waals surface area contributed by atoms with E-state index in [2.05, 4.69) is 32.7 Å². The van der Waals surface area contributed by atoms with Gasteiger partial charge in [0.2, 0.25) is 0 Å². The number of aromatic nitrogens is 5. The third kappa shape index (κ3) is 5.03. The van der Waals surface area contributed by atoms with Crippen LogP contribution in [0.25, 0.3) is 11.0 Å². The predicted octanol–water partition coefficient (Wildman–Crippen LogP) is 5.19. The number of morpholine rings is 1. The van der Waals surface area contributed by atoms with E-state index in [1.54, 1.807) is 0 Å². The van der Waals surface area contributed by atoms with Gasteiger partial charge in [-0.1, -0.05) is 6.58 Å². The van der Waals surface area contributed by atoms with Crippen LogP contribution in [0.15, 0.2) is 30.6 Å². The first-order valence-electron chi connectivity index (χ1n) is 11.9. The average Bonchev–Trinajstić information content (AvgIpc) is 3.53. The number of halogens is 3. The molecule has 0 radical (unpaired) electrons. The quantitative estimate of drug-likeness (QED) is 0.447. The number of nitrogens with zero attached hydrogens (tertiary/aromatic N) is 6. The van der Waals surface area contributed by atoms with Gasteiger partial charge < -0.3 is 9.64 Å². The summed E-state index contributed by atoms with van der Waals surface area (Å²) >= 11 is 0. The van der Waals surface area contributed by atoms with Crippen molar-refractivity contribution in [1.82, 2.24) is 24.7 Å². The van der Waals surface area contributed by atoms with Crippen molar-refractivity contribution in [2.45, 2.75) is 70.9 Å². The van der Waals surface area contributed by atoms with Crippen molar-refractivity contribution < 1.29 is 17.9 Å². The van der Waals surface area contributed by atoms with Crippen LogP contribution in [0, 0.1) is 13.8 Å². The highest BCUT2D eigenvalue weighted by atomic mass is 19.4. The van der Waals surface area contributed by atoms with Crippen molar-refractivity contribution in [3.8, 4) is 0 Å². The van der Waals surface area contributed by atoms with Crippen molar-refractivity contribution in [2.24, 2.45) is 0 Å². The zero-order chi connectivity index (χ0) is 24.9. The summed E-state index contributed by atoms with van der Waals surface area (Å²) in [6.07, 6.45) is 1.39. The van der Waals surface area contributed by atoms with Crippen molar-refractivity contribution in [3.05, 3.63) is 53.3 Å². The van der Waals surface area contributed by atoms with Crippen molar-refractivity contribution >= 4 is 16.9 Å². The Morgan fingerprint density at radius 3 is 2.60 bits per heavy atom. The van der Waals surface area contributed by atoms with Gasteiger partial charge in [-0.2, -0.15) is 18.3 Å². The number of hydrogen-bond donors (Lipinski definition) is 0. The standard InChI is InChI=1S/C25H29F3N6O/c1-14(25(26,27)28)5-8-20-24-21(30-16(3)17(4)31-24)9-23(32-20)33-11-15(2)35-22(13-33)18-10-29-34(12-18)19-6-7-19/h9-10,12,15,19,22H,1,5-8,11,13H2,2-4H3/t15-,22+/m0/s1. The van der Waals surface area contributed by atoms with Crippen LogP contribution in [-0.2, 0) is 11.2 Å². The molecule has 0 amide bonds. The summed E-state index contributed by atoms with van der Waals surface area (Å²) in [6.45, 7) is 10.1. The molecule has 1 saturated carbocycles. The third-order valence-corrected chi connectivity index (χ3v) is 6.69. The molecule has 2 fully saturated rings. The summed E-state index contributed by atoms with van der Waals surface area (Å²) < 4.78 is 47.5. The highest BCUT2D eigenvalue weighted by Gasteiger charge is 2.33. The molecule has 1 saturated heterocycles. The number of ether oxygens (including phenoxy) is 1. The lowest BCUT2D eigenvalue weighted by Crippen LogP contribution is -2.43. The van der Waals surface area contributed by atoms with E-state index < -0.39 is 11.7 Å². The average molecular weight is 487 g/mol. The molecule has 4 heterocycles. The maximum Gasteiger partial charge on any atom is 0.412 e. The lowest BCUT2D eigenvalue weighted by atomic mass is 10.1. The highest BCUT2D eigenvalue weighted by molar-refractivity contribution is 5.80. The number of alkyl halides is 3. The highest BCUT2D eigenvalue weighted by Crippen LogP contribution is 2.36. The number of fused-ring (bicyclic) bond motifs is 1. The smallest absolute Gasteiger partial charge is 0.367 e. The van der Waals surface area contributed by atoms with Crippen LogP contribution in [0.2, 0.25) is 0 Å². The molecule has 0 aromatic carbocycles. The Balaban J connectivity index is 1.47. The lowest BCUT2D eigenvalue weighted by Gasteiger charge is -2.37. The van der Waals surface area contributed by atoms with Gasteiger partial charge >= 0.3 is 6.18 Å². The molecule has 5 rings (SSSR count). The van der Waals surface area contributed by atoms with Gasteiger partial charge in [-0.25, -0.2) is 15.0 Å². The predicted molar refractivity (Wildman–Crippen MR) is 126 cm³/mol. The maximum absolute atomic E-state index is 13.1. The summed E-state index contributed by atoms with van der Waals surface area (Å²) in [5.41, 5.74) is 3.41. The van der Waals surface area contributed by atoms with Crippen LogP contribution in [0.1, 0.15) is 61.0 Å². The van der Waals surface area contributed by atoms with Crippen molar-refractivity contribution in [1.29, 1.82) is 0 Å². The van der Waals surface area contributed by atoms with E-state index in [1.165, 1.54) is 0 Å². The van der Waals surface area contributed by atoms with Gasteiger partial charge in [0.1, 0.15) is 17.4 Å². The molecule has 3 aromatic rings. The fraction of sp³-hybridized carbons (Fsp3) is 0.520. The summed E-state index contributed by atoms with van der Waals surface area (Å²) in [5, 5.41) is 4.49. The Kier molecular flexibility index (Phi) is 6.03. The first kappa shape index (κ1) is 23.7. The molecule has 2 atom stereocenters. The van der Waals surface area contributed by atoms with Crippen LogP contribution in [0.5, 0.6) is 0 Å². The monoisotopic (exact) mass is 486 g/mol. The summed E-state index contributed by atoms with van der Waals surface area (Å²) in [6, 6.07) is 2.36. The second-order valence-electron chi connectivity index (χ2n) is 9.62. The zero-order valence-electron chi connectivity index (χ0n) is 20.1. The SMILES string of the molecule is C=C(CCc1nc(N2C[C@H](C)O[C@@H](c3cnn(C4CC4)c3)C2)cc2nc(C)c(C)nc12)C(F)(F)F. The molecule has 186 valence electrons. The number of anilines is 1. The molecule has 0 bridgehead atoms. The Bertz CT molecular complexity index is 1270. The Labute approximate surface area is 202 Å². The van der Waals surface area contributed by atoms with Crippen LogP contribution >= 0.6 is 0 Å². The fourth-order valence-corrected chi connectivity index (χ4v) is 4.41. The minimum atomic E-state index is -4.43. The second kappa shape index (κ2) is 8.89. The van der Waals surface area contributed by atoms with E-state index in [9.17, 15) is 13.2 Å². The topological polar surface area (TPSA) is 69.0 Å². The van der Waals surface area contributed by atoms with Crippen molar-refractivity contribution in [2.75, 3.05) is 18.0 Å². The van der Waals surface area contributed by atoms with Gasteiger partial charge in [0, 0.05) is 29.9 Å². The van der Waals surface area contributed by atoms with Gasteiger partial charge in [0.15, 0.2) is 0 Å². The van der Waals surface area contributed by atoms with Crippen molar-refractivity contribution in [3.63, 3.8) is 0 Å². The third-order valence-electron chi connectivity index (χ3n) is 6.69. The fourth-order valence-electron chi connectivity index (χ4n) is 4.41. The van der Waals surface area contributed by atoms with Gasteiger partial charge in [-0.05, 0) is 46.5 Å². The number of hydrogen-bond acceptors (Lipinski definition) is 6. The van der Waals surface area contributed by atoms with E-state index in [-0.39, 0.29) is 25.0 Å². The molecule has 0 spiro atoms. The summed E-state index contributed by atoms with van der Waals surface area (Å²) in [7, 11) is 0. The van der Waals surface area contributed by atoms with Gasteiger partial charge in [0.25, 0.3) is 0 Å². The van der Waals surface area contributed by atoms with Gasteiger partial charge in [-0.3, -0.25) is 4.68 Å². The van der Waals surface area contributed by atoms with Crippen LogP contribution in [0.4, 0.5) is 19.0 Å². The molecule has 3 aromatic heterocycles. The number of aryl methyl sites for hydroxylation is 3. The molecular weight excluding hydrogens is 457 g/mol. The van der Waals surface area contributed by atoms with E-state index in [0.29, 0.717) is 41.7 Å². The molecule has 2 aliphatic rings. The zero-order valence-corrected chi connectivity index (χ0v) is 20.1. The lowest BCUT2D eigenvalue weighted by molar-refractivity contribution is -0.0935. The minimum Gasteiger partial charge on any atom is -0.367 e. The largest absolute Gasteiger partial charge is 0.412 e. The van der Waals surface area contributed by atoms with Gasteiger partial charge in [0.05, 0.1) is 47.5 Å². The molecule has 1 aliphatic heterocycles. The number of rotatable bonds is 6. The Morgan fingerprint density at radius 1 is 1.14 bits per heavy atom. The Morgan fingerprint density at radius 2 is 1.89 bits per heavy atom. The van der Waals surface area contributed by atoms with Crippen LogP contribution < -0.4 is 4.90 Å². The van der Waals surface area contributed by atoms with E-state index in [0.717, 1.165) is 29.8 Å². The molecule has 0 unspecified atom stereocenters. The molecular formula is C25H29F3N6O. The maximum atomic E-state index is 13.1. The normalized spacial score (nSPS) is 21.0. The molecule has 35 heavy (non-hydrogen) atoms. The first-order valence-corrected chi connectivity index (χ1v) is 11.9. The molecule has 7 nitrogen and oxygen atoms in total.